The van der Waals surface area contributed by atoms with Gasteiger partial charge in [0.2, 0.25) is 17.7 Å². The first-order chi connectivity index (χ1) is 6.72. The number of carbonyl (C=O) groups is 1. The lowest BCUT2D eigenvalue weighted by Crippen LogP contribution is -2.22. The maximum Gasteiger partial charge on any atom is 0.235 e. The van der Waals surface area contributed by atoms with E-state index in [0.29, 0.717) is 24.7 Å². The molecule has 1 heterocycles. The largest absolute Gasteiger partial charge is 0.424 e. The molecule has 14 heavy (non-hydrogen) atoms. The zero-order valence-electron chi connectivity index (χ0n) is 8.54. The van der Waals surface area contributed by atoms with Crippen LogP contribution in [0.15, 0.2) is 4.42 Å². The Bertz CT molecular complexity index is 296. The summed E-state index contributed by atoms with van der Waals surface area (Å²) >= 11 is 0. The highest BCUT2D eigenvalue weighted by Gasteiger charge is 2.04. The van der Waals surface area contributed by atoms with Crippen molar-refractivity contribution < 1.29 is 9.21 Å². The van der Waals surface area contributed by atoms with Gasteiger partial charge in [0.15, 0.2) is 0 Å². The fourth-order valence-corrected chi connectivity index (χ4v) is 1.01. The van der Waals surface area contributed by atoms with E-state index in [0.717, 1.165) is 12.8 Å². The summed E-state index contributed by atoms with van der Waals surface area (Å²) in [5.74, 6) is 0.998. The SMILES string of the molecule is CCCCC(=O)NCc1nnc(C)o1. The van der Waals surface area contributed by atoms with Gasteiger partial charge >= 0.3 is 0 Å². The van der Waals surface area contributed by atoms with E-state index >= 15 is 0 Å². The maximum atomic E-state index is 11.2. The van der Waals surface area contributed by atoms with Crippen LogP contribution >= 0.6 is 0 Å². The number of carbonyl (C=O) groups excluding carboxylic acids is 1. The summed E-state index contributed by atoms with van der Waals surface area (Å²) in [4.78, 5) is 11.2. The second-order valence-electron chi connectivity index (χ2n) is 3.10. The van der Waals surface area contributed by atoms with Gasteiger partial charge in [0.05, 0.1) is 6.54 Å². The molecule has 0 unspecified atom stereocenters. The van der Waals surface area contributed by atoms with Crippen LogP contribution in [0.5, 0.6) is 0 Å². The van der Waals surface area contributed by atoms with E-state index in [1.54, 1.807) is 6.92 Å². The Morgan fingerprint density at radius 1 is 1.50 bits per heavy atom. The first-order valence-electron chi connectivity index (χ1n) is 4.78. The van der Waals surface area contributed by atoms with Gasteiger partial charge < -0.3 is 9.73 Å². The van der Waals surface area contributed by atoms with Crippen molar-refractivity contribution in [2.75, 3.05) is 0 Å². The summed E-state index contributed by atoms with van der Waals surface area (Å²) in [7, 11) is 0. The van der Waals surface area contributed by atoms with Gasteiger partial charge in [0, 0.05) is 13.3 Å². The van der Waals surface area contributed by atoms with Gasteiger partial charge in [-0.2, -0.15) is 0 Å². The van der Waals surface area contributed by atoms with Crippen LogP contribution in [0.4, 0.5) is 0 Å². The van der Waals surface area contributed by atoms with Crippen LogP contribution in [-0.4, -0.2) is 16.1 Å². The van der Waals surface area contributed by atoms with E-state index in [4.69, 9.17) is 4.42 Å². The fraction of sp³-hybridized carbons (Fsp3) is 0.667. The molecule has 78 valence electrons. The number of rotatable bonds is 5. The van der Waals surface area contributed by atoms with Gasteiger partial charge in [0.1, 0.15) is 0 Å². The number of nitrogens with one attached hydrogen (secondary N) is 1. The van der Waals surface area contributed by atoms with Crippen LogP contribution in [0, 0.1) is 6.92 Å². The normalized spacial score (nSPS) is 10.1. The summed E-state index contributed by atoms with van der Waals surface area (Å²) < 4.78 is 5.10. The summed E-state index contributed by atoms with van der Waals surface area (Å²) in [6, 6.07) is 0. The molecule has 1 rings (SSSR count). The van der Waals surface area contributed by atoms with Crippen LogP contribution in [0.2, 0.25) is 0 Å². The van der Waals surface area contributed by atoms with Crippen molar-refractivity contribution in [2.24, 2.45) is 0 Å². The van der Waals surface area contributed by atoms with Gasteiger partial charge in [-0.15, -0.1) is 10.2 Å². The molecule has 0 spiro atoms. The molecule has 0 aromatic carbocycles. The number of unbranched alkanes of at least 4 members (excludes halogenated alkanes) is 1. The van der Waals surface area contributed by atoms with Crippen molar-refractivity contribution in [2.45, 2.75) is 39.7 Å². The van der Waals surface area contributed by atoms with Gasteiger partial charge in [-0.1, -0.05) is 13.3 Å². The number of hydrogen-bond acceptors (Lipinski definition) is 4. The minimum absolute atomic E-state index is 0.0303. The average Bonchev–Trinajstić information content (AvgIpc) is 2.58. The molecule has 0 radical (unpaired) electrons. The molecule has 5 heteroatoms. The highest BCUT2D eigenvalue weighted by molar-refractivity contribution is 5.75. The smallest absolute Gasteiger partial charge is 0.235 e. The molecule has 0 bridgehead atoms. The highest BCUT2D eigenvalue weighted by Crippen LogP contribution is 1.98. The van der Waals surface area contributed by atoms with Crippen molar-refractivity contribution in [3.05, 3.63) is 11.8 Å². The molecule has 1 aromatic rings. The molecule has 1 N–H and O–H groups in total. The van der Waals surface area contributed by atoms with Gasteiger partial charge in [-0.05, 0) is 6.42 Å². The molecular weight excluding hydrogens is 182 g/mol. The molecule has 0 aliphatic heterocycles. The Kier molecular flexibility index (Phi) is 4.10. The zero-order chi connectivity index (χ0) is 10.4. The van der Waals surface area contributed by atoms with E-state index in [9.17, 15) is 4.79 Å². The Balaban J connectivity index is 2.23. The zero-order valence-corrected chi connectivity index (χ0v) is 8.54. The third kappa shape index (κ3) is 3.55. The topological polar surface area (TPSA) is 68.0 Å². The first-order valence-corrected chi connectivity index (χ1v) is 4.78. The minimum Gasteiger partial charge on any atom is -0.424 e. The maximum absolute atomic E-state index is 11.2. The van der Waals surface area contributed by atoms with Crippen LogP contribution in [0.3, 0.4) is 0 Å². The second kappa shape index (κ2) is 5.36. The second-order valence-corrected chi connectivity index (χ2v) is 3.10. The number of amides is 1. The predicted octanol–water partition coefficient (Wildman–Crippen LogP) is 1.18. The fourth-order valence-electron chi connectivity index (χ4n) is 1.01. The first kappa shape index (κ1) is 10.7. The summed E-state index contributed by atoms with van der Waals surface area (Å²) in [6.07, 6.45) is 2.49. The predicted molar refractivity (Wildman–Crippen MR) is 50.4 cm³/mol. The third-order valence-corrected chi connectivity index (χ3v) is 1.76. The molecule has 0 atom stereocenters. The molecule has 1 amide bonds. The van der Waals surface area contributed by atoms with Crippen LogP contribution < -0.4 is 5.32 Å². The standard InChI is InChI=1S/C9H15N3O2/c1-3-4-5-8(13)10-6-9-12-11-7(2)14-9/h3-6H2,1-2H3,(H,10,13). The van der Waals surface area contributed by atoms with Crippen LogP contribution in [0.1, 0.15) is 38.0 Å². The summed E-state index contributed by atoms with van der Waals surface area (Å²) in [5.41, 5.74) is 0. The molecular formula is C9H15N3O2. The summed E-state index contributed by atoms with van der Waals surface area (Å²) in [6.45, 7) is 4.09. The monoisotopic (exact) mass is 197 g/mol. The quantitative estimate of drug-likeness (QED) is 0.769. The van der Waals surface area contributed by atoms with E-state index in [2.05, 4.69) is 22.4 Å². The Labute approximate surface area is 82.9 Å². The third-order valence-electron chi connectivity index (χ3n) is 1.76. The summed E-state index contributed by atoms with van der Waals surface area (Å²) in [5, 5.41) is 10.1. The van der Waals surface area contributed by atoms with Crippen LogP contribution in [-0.2, 0) is 11.3 Å². The Hall–Kier alpha value is -1.39. The molecule has 0 saturated heterocycles. The average molecular weight is 197 g/mol. The van der Waals surface area contributed by atoms with Crippen molar-refractivity contribution in [1.29, 1.82) is 0 Å². The molecule has 0 saturated carbocycles. The van der Waals surface area contributed by atoms with Gasteiger partial charge in [-0.3, -0.25) is 4.79 Å². The van der Waals surface area contributed by atoms with Crippen molar-refractivity contribution in [3.8, 4) is 0 Å². The molecule has 0 fully saturated rings. The Morgan fingerprint density at radius 2 is 2.29 bits per heavy atom. The van der Waals surface area contributed by atoms with Crippen molar-refractivity contribution >= 4 is 5.91 Å². The molecule has 1 aromatic heterocycles. The van der Waals surface area contributed by atoms with Gasteiger partial charge in [0.25, 0.3) is 0 Å². The highest BCUT2D eigenvalue weighted by atomic mass is 16.4. The lowest BCUT2D eigenvalue weighted by molar-refractivity contribution is -0.121. The van der Waals surface area contributed by atoms with E-state index in [1.807, 2.05) is 0 Å². The van der Waals surface area contributed by atoms with Crippen LogP contribution in [0.25, 0.3) is 0 Å². The molecule has 0 aliphatic carbocycles. The minimum atomic E-state index is 0.0303. The van der Waals surface area contributed by atoms with E-state index in [-0.39, 0.29) is 5.91 Å². The lowest BCUT2D eigenvalue weighted by Gasteiger charge is -2.00. The van der Waals surface area contributed by atoms with Crippen molar-refractivity contribution in [1.82, 2.24) is 15.5 Å². The lowest BCUT2D eigenvalue weighted by atomic mass is 10.2. The number of hydrogen-bond donors (Lipinski definition) is 1. The number of aromatic nitrogens is 2. The van der Waals surface area contributed by atoms with E-state index < -0.39 is 0 Å². The van der Waals surface area contributed by atoms with Gasteiger partial charge in [-0.25, -0.2) is 0 Å². The number of aryl methyl sites for hydroxylation is 1. The van der Waals surface area contributed by atoms with E-state index in [1.165, 1.54) is 0 Å². The van der Waals surface area contributed by atoms with Crippen molar-refractivity contribution in [3.63, 3.8) is 0 Å². The molecule has 5 nitrogen and oxygen atoms in total. The molecule has 0 aliphatic rings. The number of nitrogens with zero attached hydrogens (tertiary/aromatic N) is 2. The Morgan fingerprint density at radius 3 is 2.86 bits per heavy atom.